The summed E-state index contributed by atoms with van der Waals surface area (Å²) in [5.41, 5.74) is 1.09. The number of halogens is 1. The first-order valence-corrected chi connectivity index (χ1v) is 4.26. The van der Waals surface area contributed by atoms with Gasteiger partial charge in [-0.05, 0) is 40.9 Å². The highest BCUT2D eigenvalue weighted by Crippen LogP contribution is 2.15. The molecule has 0 saturated carbocycles. The van der Waals surface area contributed by atoms with Crippen molar-refractivity contribution < 1.29 is 5.11 Å². The van der Waals surface area contributed by atoms with Crippen LogP contribution in [0.15, 0.2) is 22.9 Å². The van der Waals surface area contributed by atoms with Crippen molar-refractivity contribution >= 4 is 15.9 Å². The van der Waals surface area contributed by atoms with Crippen molar-refractivity contribution in [3.8, 4) is 0 Å². The van der Waals surface area contributed by atoms with Crippen LogP contribution in [0.1, 0.15) is 12.5 Å². The molecule has 1 rings (SSSR count). The summed E-state index contributed by atoms with van der Waals surface area (Å²) in [5.74, 6) is 0. The zero-order valence-electron chi connectivity index (χ0n) is 6.29. The van der Waals surface area contributed by atoms with Gasteiger partial charge in [-0.1, -0.05) is 0 Å². The second-order valence-electron chi connectivity index (χ2n) is 2.52. The van der Waals surface area contributed by atoms with E-state index in [1.54, 1.807) is 19.3 Å². The lowest BCUT2D eigenvalue weighted by molar-refractivity contribution is 0.195. The van der Waals surface area contributed by atoms with Crippen molar-refractivity contribution in [2.75, 3.05) is 0 Å². The Hall–Kier alpha value is -0.410. The van der Waals surface area contributed by atoms with Crippen molar-refractivity contribution in [2.24, 2.45) is 0 Å². The van der Waals surface area contributed by atoms with Gasteiger partial charge < -0.3 is 5.11 Å². The van der Waals surface area contributed by atoms with Crippen molar-refractivity contribution in [3.63, 3.8) is 0 Å². The molecular weight excluding hydrogens is 206 g/mol. The van der Waals surface area contributed by atoms with E-state index in [1.807, 2.05) is 6.07 Å². The van der Waals surface area contributed by atoms with Gasteiger partial charge in [0.05, 0.1) is 6.10 Å². The molecule has 0 aliphatic heterocycles. The Morgan fingerprint density at radius 2 is 2.45 bits per heavy atom. The molecule has 0 unspecified atom stereocenters. The van der Waals surface area contributed by atoms with Gasteiger partial charge in [-0.3, -0.25) is 4.98 Å². The average molecular weight is 216 g/mol. The third-order valence-corrected chi connectivity index (χ3v) is 2.09. The van der Waals surface area contributed by atoms with Gasteiger partial charge in [0.2, 0.25) is 0 Å². The molecule has 60 valence electrons. The lowest BCUT2D eigenvalue weighted by Gasteiger charge is -2.04. The second-order valence-corrected chi connectivity index (χ2v) is 3.37. The van der Waals surface area contributed by atoms with Crippen LogP contribution in [0.3, 0.4) is 0 Å². The number of nitrogens with zero attached hydrogens (tertiary/aromatic N) is 1. The highest BCUT2D eigenvalue weighted by atomic mass is 79.9. The van der Waals surface area contributed by atoms with Gasteiger partial charge in [0.1, 0.15) is 0 Å². The molecule has 0 amide bonds. The number of aliphatic hydroxyl groups excluding tert-OH is 1. The van der Waals surface area contributed by atoms with Crippen LogP contribution in [-0.2, 0) is 6.42 Å². The second kappa shape index (κ2) is 3.83. The van der Waals surface area contributed by atoms with E-state index in [2.05, 4.69) is 20.9 Å². The largest absolute Gasteiger partial charge is 0.393 e. The maximum absolute atomic E-state index is 9.09. The fourth-order valence-electron chi connectivity index (χ4n) is 0.888. The molecule has 0 saturated heterocycles. The van der Waals surface area contributed by atoms with Crippen LogP contribution in [0, 0.1) is 0 Å². The van der Waals surface area contributed by atoms with Gasteiger partial charge in [0.15, 0.2) is 0 Å². The van der Waals surface area contributed by atoms with Crippen LogP contribution in [-0.4, -0.2) is 16.2 Å². The summed E-state index contributed by atoms with van der Waals surface area (Å²) in [6, 6.07) is 1.90. The van der Waals surface area contributed by atoms with Gasteiger partial charge in [-0.25, -0.2) is 0 Å². The van der Waals surface area contributed by atoms with Crippen LogP contribution >= 0.6 is 15.9 Å². The van der Waals surface area contributed by atoms with Crippen LogP contribution < -0.4 is 0 Å². The SMILES string of the molecule is C[C@H](O)Cc1ccncc1Br. The molecule has 1 aromatic heterocycles. The average Bonchev–Trinajstić information content (AvgIpc) is 1.93. The molecule has 1 atom stereocenters. The summed E-state index contributed by atoms with van der Waals surface area (Å²) >= 11 is 3.35. The first-order chi connectivity index (χ1) is 5.20. The van der Waals surface area contributed by atoms with E-state index in [-0.39, 0.29) is 6.10 Å². The maximum atomic E-state index is 9.09. The van der Waals surface area contributed by atoms with Crippen LogP contribution in [0.4, 0.5) is 0 Å². The Kier molecular flexibility index (Phi) is 3.02. The van der Waals surface area contributed by atoms with E-state index in [9.17, 15) is 0 Å². The number of hydrogen-bond donors (Lipinski definition) is 1. The third-order valence-electron chi connectivity index (χ3n) is 1.37. The molecule has 0 fully saturated rings. The summed E-state index contributed by atoms with van der Waals surface area (Å²) in [6.45, 7) is 1.77. The molecule has 1 aromatic rings. The molecule has 0 aliphatic carbocycles. The van der Waals surface area contributed by atoms with Gasteiger partial charge in [-0.2, -0.15) is 0 Å². The van der Waals surface area contributed by atoms with Crippen molar-refractivity contribution in [1.29, 1.82) is 0 Å². The van der Waals surface area contributed by atoms with Gasteiger partial charge in [0, 0.05) is 16.9 Å². The first kappa shape index (κ1) is 8.68. The summed E-state index contributed by atoms with van der Waals surface area (Å²) < 4.78 is 0.959. The fourth-order valence-corrected chi connectivity index (χ4v) is 1.30. The minimum Gasteiger partial charge on any atom is -0.393 e. The minimum absolute atomic E-state index is 0.298. The van der Waals surface area contributed by atoms with Crippen molar-refractivity contribution in [2.45, 2.75) is 19.4 Å². The molecular formula is C8H10BrNO. The highest BCUT2D eigenvalue weighted by Gasteiger charge is 2.01. The van der Waals surface area contributed by atoms with Gasteiger partial charge in [0.25, 0.3) is 0 Å². The van der Waals surface area contributed by atoms with Crippen LogP contribution in [0.2, 0.25) is 0 Å². The number of pyridine rings is 1. The van der Waals surface area contributed by atoms with Gasteiger partial charge in [-0.15, -0.1) is 0 Å². The normalized spacial score (nSPS) is 13.0. The number of hydrogen-bond acceptors (Lipinski definition) is 2. The summed E-state index contributed by atoms with van der Waals surface area (Å²) in [4.78, 5) is 3.92. The van der Waals surface area contributed by atoms with E-state index >= 15 is 0 Å². The Bertz CT molecular complexity index is 237. The first-order valence-electron chi connectivity index (χ1n) is 3.46. The number of aliphatic hydroxyl groups is 1. The fraction of sp³-hybridized carbons (Fsp3) is 0.375. The number of rotatable bonds is 2. The lowest BCUT2D eigenvalue weighted by atomic mass is 10.1. The molecule has 0 aromatic carbocycles. The zero-order valence-corrected chi connectivity index (χ0v) is 7.87. The van der Waals surface area contributed by atoms with Crippen molar-refractivity contribution in [3.05, 3.63) is 28.5 Å². The predicted molar refractivity (Wildman–Crippen MR) is 47.3 cm³/mol. The topological polar surface area (TPSA) is 33.1 Å². The molecule has 11 heavy (non-hydrogen) atoms. The molecule has 0 bridgehead atoms. The Balaban J connectivity index is 2.78. The van der Waals surface area contributed by atoms with E-state index in [0.717, 1.165) is 10.0 Å². The molecule has 1 N–H and O–H groups in total. The Labute approximate surface area is 74.4 Å². The number of aromatic nitrogens is 1. The van der Waals surface area contributed by atoms with E-state index < -0.39 is 0 Å². The monoisotopic (exact) mass is 215 g/mol. The van der Waals surface area contributed by atoms with Gasteiger partial charge >= 0.3 is 0 Å². The quantitative estimate of drug-likeness (QED) is 0.817. The molecule has 1 heterocycles. The summed E-state index contributed by atoms with van der Waals surface area (Å²) in [6.07, 6.45) is 3.83. The molecule has 3 heteroatoms. The standard InChI is InChI=1S/C8H10BrNO/c1-6(11)4-7-2-3-10-5-8(7)9/h2-3,5-6,11H,4H2,1H3/t6-/m0/s1. The highest BCUT2D eigenvalue weighted by molar-refractivity contribution is 9.10. The molecule has 0 spiro atoms. The maximum Gasteiger partial charge on any atom is 0.0552 e. The molecule has 2 nitrogen and oxygen atoms in total. The van der Waals surface area contributed by atoms with Crippen molar-refractivity contribution in [1.82, 2.24) is 4.98 Å². The minimum atomic E-state index is -0.298. The van der Waals surface area contributed by atoms with E-state index in [1.165, 1.54) is 0 Å². The smallest absolute Gasteiger partial charge is 0.0552 e. The lowest BCUT2D eigenvalue weighted by Crippen LogP contribution is -2.04. The Morgan fingerprint density at radius 1 is 1.73 bits per heavy atom. The third kappa shape index (κ3) is 2.60. The predicted octanol–water partition coefficient (Wildman–Crippen LogP) is 1.77. The van der Waals surface area contributed by atoms with E-state index in [0.29, 0.717) is 6.42 Å². The molecule has 0 aliphatic rings. The Morgan fingerprint density at radius 3 is 3.00 bits per heavy atom. The zero-order chi connectivity index (χ0) is 8.27. The summed E-state index contributed by atoms with van der Waals surface area (Å²) in [7, 11) is 0. The van der Waals surface area contributed by atoms with E-state index in [4.69, 9.17) is 5.11 Å². The van der Waals surface area contributed by atoms with Crippen LogP contribution in [0.25, 0.3) is 0 Å². The van der Waals surface area contributed by atoms with Crippen LogP contribution in [0.5, 0.6) is 0 Å². The molecule has 0 radical (unpaired) electrons. The summed E-state index contributed by atoms with van der Waals surface area (Å²) in [5, 5.41) is 9.09.